The summed E-state index contributed by atoms with van der Waals surface area (Å²) >= 11 is 0. The highest BCUT2D eigenvalue weighted by Gasteiger charge is 2.22. The molecule has 1 fully saturated rings. The molecule has 0 saturated heterocycles. The summed E-state index contributed by atoms with van der Waals surface area (Å²) in [6.45, 7) is 0.00569. The molecule has 17 heavy (non-hydrogen) atoms. The quantitative estimate of drug-likeness (QED) is 0.734. The number of carboxylic acid groups (broad SMARTS) is 1. The number of hydrogen-bond donors (Lipinski definition) is 2. The van der Waals surface area contributed by atoms with Crippen molar-refractivity contribution >= 4 is 11.9 Å². The van der Waals surface area contributed by atoms with Crippen LogP contribution in [-0.2, 0) is 14.3 Å². The Bertz CT molecular complexity index is 261. The lowest BCUT2D eigenvalue weighted by molar-refractivity contribution is -0.143. The maximum absolute atomic E-state index is 11.7. The van der Waals surface area contributed by atoms with Gasteiger partial charge in [0, 0.05) is 13.5 Å². The van der Waals surface area contributed by atoms with Crippen molar-refractivity contribution in [2.45, 2.75) is 44.6 Å². The highest BCUT2D eigenvalue weighted by molar-refractivity contribution is 5.83. The van der Waals surface area contributed by atoms with Crippen LogP contribution in [0.5, 0.6) is 0 Å². The van der Waals surface area contributed by atoms with Gasteiger partial charge in [0.2, 0.25) is 5.91 Å². The molecular weight excluding hydrogens is 222 g/mol. The van der Waals surface area contributed by atoms with E-state index in [9.17, 15) is 9.59 Å². The molecule has 1 atom stereocenters. The van der Waals surface area contributed by atoms with Crippen molar-refractivity contribution < 1.29 is 19.4 Å². The number of aliphatic carboxylic acids is 1. The number of hydrogen-bond acceptors (Lipinski definition) is 3. The average Bonchev–Trinajstić information content (AvgIpc) is 2.29. The molecule has 0 aromatic heterocycles. The van der Waals surface area contributed by atoms with Crippen molar-refractivity contribution in [2.24, 2.45) is 5.92 Å². The third-order valence-electron chi connectivity index (χ3n) is 3.17. The highest BCUT2D eigenvalue weighted by atomic mass is 16.5. The van der Waals surface area contributed by atoms with Crippen LogP contribution in [0.2, 0.25) is 0 Å². The zero-order chi connectivity index (χ0) is 12.7. The Labute approximate surface area is 102 Å². The number of amides is 1. The van der Waals surface area contributed by atoms with E-state index >= 15 is 0 Å². The molecule has 0 aromatic carbocycles. The van der Waals surface area contributed by atoms with Gasteiger partial charge in [-0.25, -0.2) is 4.79 Å². The van der Waals surface area contributed by atoms with Crippen molar-refractivity contribution in [3.05, 3.63) is 0 Å². The third kappa shape index (κ3) is 5.17. The minimum absolute atomic E-state index is 0.00569. The maximum atomic E-state index is 11.7. The van der Waals surface area contributed by atoms with Gasteiger partial charge in [-0.05, 0) is 18.8 Å². The van der Waals surface area contributed by atoms with Crippen molar-refractivity contribution in [3.63, 3.8) is 0 Å². The second kappa shape index (κ2) is 7.27. The van der Waals surface area contributed by atoms with Crippen LogP contribution >= 0.6 is 0 Å². The number of carboxylic acids is 1. The fraction of sp³-hybridized carbons (Fsp3) is 0.833. The summed E-state index contributed by atoms with van der Waals surface area (Å²) in [5.41, 5.74) is 0. The molecule has 2 N–H and O–H groups in total. The van der Waals surface area contributed by atoms with E-state index in [0.717, 1.165) is 12.8 Å². The van der Waals surface area contributed by atoms with Gasteiger partial charge in [0.25, 0.3) is 0 Å². The number of rotatable bonds is 6. The number of methoxy groups -OCH3 is 1. The van der Waals surface area contributed by atoms with Gasteiger partial charge < -0.3 is 15.2 Å². The number of nitrogens with one attached hydrogen (secondary N) is 1. The Hall–Kier alpha value is -1.10. The first kappa shape index (κ1) is 14.0. The molecule has 1 rings (SSSR count). The molecule has 0 bridgehead atoms. The second-order valence-corrected chi connectivity index (χ2v) is 4.62. The van der Waals surface area contributed by atoms with Crippen molar-refractivity contribution in [2.75, 3.05) is 13.7 Å². The molecule has 5 nitrogen and oxygen atoms in total. The van der Waals surface area contributed by atoms with E-state index < -0.39 is 12.0 Å². The Morgan fingerprint density at radius 2 is 2.00 bits per heavy atom. The van der Waals surface area contributed by atoms with Crippen LogP contribution in [-0.4, -0.2) is 36.7 Å². The highest BCUT2D eigenvalue weighted by Crippen LogP contribution is 2.26. The lowest BCUT2D eigenvalue weighted by Crippen LogP contribution is -2.44. The molecule has 1 aliphatic rings. The summed E-state index contributed by atoms with van der Waals surface area (Å²) in [6, 6.07) is -0.934. The molecular formula is C12H21NO4. The Morgan fingerprint density at radius 1 is 1.35 bits per heavy atom. The zero-order valence-corrected chi connectivity index (χ0v) is 10.3. The largest absolute Gasteiger partial charge is 0.480 e. The molecule has 0 radical (unpaired) electrons. The summed E-state index contributed by atoms with van der Waals surface area (Å²) in [4.78, 5) is 22.5. The standard InChI is InChI=1S/C12H21NO4/c1-17-8-10(12(15)16)13-11(14)7-9-5-3-2-4-6-9/h9-10H,2-8H2,1H3,(H,13,14)(H,15,16). The van der Waals surface area contributed by atoms with Crippen LogP contribution in [0.1, 0.15) is 38.5 Å². The van der Waals surface area contributed by atoms with E-state index in [2.05, 4.69) is 5.32 Å². The Balaban J connectivity index is 2.33. The minimum Gasteiger partial charge on any atom is -0.480 e. The van der Waals surface area contributed by atoms with E-state index in [0.29, 0.717) is 12.3 Å². The number of ether oxygens (including phenoxy) is 1. The molecule has 0 aromatic rings. The van der Waals surface area contributed by atoms with E-state index in [1.54, 1.807) is 0 Å². The van der Waals surface area contributed by atoms with Gasteiger partial charge in [0.15, 0.2) is 6.04 Å². The van der Waals surface area contributed by atoms with Crippen molar-refractivity contribution in [3.8, 4) is 0 Å². The molecule has 1 amide bonds. The van der Waals surface area contributed by atoms with Crippen LogP contribution in [0, 0.1) is 5.92 Å². The van der Waals surface area contributed by atoms with Crippen LogP contribution < -0.4 is 5.32 Å². The van der Waals surface area contributed by atoms with Gasteiger partial charge in [-0.15, -0.1) is 0 Å². The van der Waals surface area contributed by atoms with Crippen LogP contribution in [0.15, 0.2) is 0 Å². The monoisotopic (exact) mass is 243 g/mol. The molecule has 1 saturated carbocycles. The van der Waals surface area contributed by atoms with E-state index in [4.69, 9.17) is 9.84 Å². The molecule has 0 heterocycles. The van der Waals surface area contributed by atoms with Gasteiger partial charge >= 0.3 is 5.97 Å². The lowest BCUT2D eigenvalue weighted by atomic mass is 9.87. The Kier molecular flexibility index (Phi) is 5.97. The smallest absolute Gasteiger partial charge is 0.328 e. The molecule has 0 aliphatic heterocycles. The van der Waals surface area contributed by atoms with Gasteiger partial charge in [0.1, 0.15) is 0 Å². The van der Waals surface area contributed by atoms with E-state index in [-0.39, 0.29) is 12.5 Å². The van der Waals surface area contributed by atoms with Gasteiger partial charge in [-0.2, -0.15) is 0 Å². The first-order valence-corrected chi connectivity index (χ1v) is 6.14. The number of carbonyl (C=O) groups excluding carboxylic acids is 1. The van der Waals surface area contributed by atoms with Crippen LogP contribution in [0.25, 0.3) is 0 Å². The minimum atomic E-state index is -1.05. The van der Waals surface area contributed by atoms with Gasteiger partial charge in [-0.1, -0.05) is 19.3 Å². The number of carbonyl (C=O) groups is 2. The summed E-state index contributed by atoms with van der Waals surface area (Å²) in [6.07, 6.45) is 6.20. The average molecular weight is 243 g/mol. The SMILES string of the molecule is COCC(NC(=O)CC1CCCCC1)C(=O)O. The molecule has 0 spiro atoms. The topological polar surface area (TPSA) is 75.6 Å². The van der Waals surface area contributed by atoms with E-state index in [1.165, 1.54) is 26.4 Å². The van der Waals surface area contributed by atoms with E-state index in [1.807, 2.05) is 0 Å². The predicted molar refractivity (Wildman–Crippen MR) is 62.6 cm³/mol. The van der Waals surface area contributed by atoms with Gasteiger partial charge in [0.05, 0.1) is 6.61 Å². The second-order valence-electron chi connectivity index (χ2n) is 4.62. The lowest BCUT2D eigenvalue weighted by Gasteiger charge is -2.22. The molecule has 98 valence electrons. The summed E-state index contributed by atoms with van der Waals surface area (Å²) in [5, 5.41) is 11.4. The molecule has 5 heteroatoms. The van der Waals surface area contributed by atoms with Crippen molar-refractivity contribution in [1.29, 1.82) is 0 Å². The first-order valence-electron chi connectivity index (χ1n) is 6.14. The maximum Gasteiger partial charge on any atom is 0.328 e. The molecule has 1 unspecified atom stereocenters. The summed E-state index contributed by atoms with van der Waals surface area (Å²) < 4.78 is 4.76. The molecule has 1 aliphatic carbocycles. The van der Waals surface area contributed by atoms with Crippen molar-refractivity contribution in [1.82, 2.24) is 5.32 Å². The third-order valence-corrected chi connectivity index (χ3v) is 3.17. The fourth-order valence-corrected chi connectivity index (χ4v) is 2.25. The Morgan fingerprint density at radius 3 is 2.53 bits per heavy atom. The summed E-state index contributed by atoms with van der Waals surface area (Å²) in [7, 11) is 1.42. The predicted octanol–water partition coefficient (Wildman–Crippen LogP) is 1.17. The van der Waals surface area contributed by atoms with Crippen LogP contribution in [0.3, 0.4) is 0 Å². The first-order chi connectivity index (χ1) is 8.13. The van der Waals surface area contributed by atoms with Gasteiger partial charge in [-0.3, -0.25) is 4.79 Å². The fourth-order valence-electron chi connectivity index (χ4n) is 2.25. The summed E-state index contributed by atoms with van der Waals surface area (Å²) in [5.74, 6) is -0.814. The normalized spacial score (nSPS) is 18.6. The van der Waals surface area contributed by atoms with Crippen LogP contribution in [0.4, 0.5) is 0 Å². The zero-order valence-electron chi connectivity index (χ0n) is 10.3.